The van der Waals surface area contributed by atoms with Crippen LogP contribution in [0.15, 0.2) is 23.7 Å². The average molecular weight is 250 g/mol. The summed E-state index contributed by atoms with van der Waals surface area (Å²) in [6, 6.07) is -0.0937. The fourth-order valence-corrected chi connectivity index (χ4v) is 3.15. The Morgan fingerprint density at radius 3 is 3.24 bits per heavy atom. The summed E-state index contributed by atoms with van der Waals surface area (Å²) in [7, 11) is 0.344. The second-order valence-corrected chi connectivity index (χ2v) is 5.00. The molecule has 0 bridgehead atoms. The highest BCUT2D eigenvalue weighted by atomic mass is 32.1. The summed E-state index contributed by atoms with van der Waals surface area (Å²) in [6.45, 7) is 2.71. The SMILES string of the molecule is CC[C@H]1N(BC=O)CC=CC1(O)c1nccs1. The molecule has 1 aromatic rings. The molecule has 0 aliphatic carbocycles. The summed E-state index contributed by atoms with van der Waals surface area (Å²) in [4.78, 5) is 16.9. The van der Waals surface area contributed by atoms with Gasteiger partial charge in [0, 0.05) is 24.2 Å². The minimum Gasteiger partial charge on any atom is -0.377 e. The van der Waals surface area contributed by atoms with Crippen molar-refractivity contribution in [1.29, 1.82) is 0 Å². The van der Waals surface area contributed by atoms with E-state index < -0.39 is 5.60 Å². The van der Waals surface area contributed by atoms with Crippen LogP contribution in [0.5, 0.6) is 0 Å². The number of hydrogen-bond donors (Lipinski definition) is 1. The predicted octanol–water partition coefficient (Wildman–Crippen LogP) is 0.523. The monoisotopic (exact) mass is 250 g/mol. The molecule has 0 saturated heterocycles. The Morgan fingerprint density at radius 1 is 1.82 bits per heavy atom. The van der Waals surface area contributed by atoms with E-state index >= 15 is 0 Å². The van der Waals surface area contributed by atoms with Gasteiger partial charge in [0.2, 0.25) is 0 Å². The molecule has 0 amide bonds. The number of carbonyl (C=O) groups excluding carboxylic acids is 1. The van der Waals surface area contributed by atoms with Gasteiger partial charge in [0.15, 0.2) is 0 Å². The molecule has 4 nitrogen and oxygen atoms in total. The molecule has 2 rings (SSSR count). The van der Waals surface area contributed by atoms with Gasteiger partial charge in [0.05, 0.1) is 6.19 Å². The molecule has 6 heteroatoms. The summed E-state index contributed by atoms with van der Waals surface area (Å²) in [5, 5.41) is 13.3. The summed E-state index contributed by atoms with van der Waals surface area (Å²) in [6.07, 6.45) is 7.05. The van der Waals surface area contributed by atoms with Gasteiger partial charge in [-0.1, -0.05) is 13.0 Å². The third-order valence-corrected chi connectivity index (χ3v) is 4.04. The standard InChI is InChI=1S/C11H15BN2O2S/c1-2-9-11(16,10-13-5-7-17-10)4-3-6-14(9)12-8-15/h3-5,7-9,12,16H,2,6H2,1H3/t9-,11?/m1/s1. The lowest BCUT2D eigenvalue weighted by molar-refractivity contribution is 0.00766. The lowest BCUT2D eigenvalue weighted by Crippen LogP contribution is -2.53. The zero-order chi connectivity index (χ0) is 12.3. The second kappa shape index (κ2) is 5.12. The van der Waals surface area contributed by atoms with Crippen LogP contribution in [0.25, 0.3) is 0 Å². The van der Waals surface area contributed by atoms with Crippen molar-refractivity contribution in [2.75, 3.05) is 6.54 Å². The van der Waals surface area contributed by atoms with E-state index in [0.717, 1.165) is 12.6 Å². The molecule has 0 saturated carbocycles. The molecule has 1 N–H and O–H groups in total. The van der Waals surface area contributed by atoms with Crippen LogP contribution in [0.2, 0.25) is 0 Å². The Bertz CT molecular complexity index is 410. The molecule has 17 heavy (non-hydrogen) atoms. The lowest BCUT2D eigenvalue weighted by Gasteiger charge is -2.41. The quantitative estimate of drug-likeness (QED) is 0.481. The second-order valence-electron chi connectivity index (χ2n) is 4.11. The van der Waals surface area contributed by atoms with Gasteiger partial charge in [-0.25, -0.2) is 4.98 Å². The van der Waals surface area contributed by atoms with E-state index in [1.165, 1.54) is 11.3 Å². The minimum absolute atomic E-state index is 0.0937. The van der Waals surface area contributed by atoms with E-state index in [9.17, 15) is 9.90 Å². The molecular formula is C11H15BN2O2S. The maximum atomic E-state index is 10.8. The average Bonchev–Trinajstić information content (AvgIpc) is 2.84. The van der Waals surface area contributed by atoms with E-state index in [-0.39, 0.29) is 6.04 Å². The number of thiazole rings is 1. The Labute approximate surface area is 105 Å². The van der Waals surface area contributed by atoms with Gasteiger partial charge in [-0.05, 0) is 12.5 Å². The normalized spacial score (nSPS) is 29.2. The number of aromatic nitrogens is 1. The van der Waals surface area contributed by atoms with E-state index in [4.69, 9.17) is 0 Å². The van der Waals surface area contributed by atoms with Gasteiger partial charge in [0.25, 0.3) is 7.41 Å². The third-order valence-electron chi connectivity index (χ3n) is 3.13. The molecule has 1 aliphatic rings. The number of nitrogens with zero attached hydrogens (tertiary/aromatic N) is 2. The molecule has 1 unspecified atom stereocenters. The van der Waals surface area contributed by atoms with Crippen LogP contribution in [-0.4, -0.2) is 41.1 Å². The van der Waals surface area contributed by atoms with Crippen molar-refractivity contribution in [3.8, 4) is 0 Å². The van der Waals surface area contributed by atoms with Gasteiger partial charge >= 0.3 is 0 Å². The molecule has 0 radical (unpaired) electrons. The van der Waals surface area contributed by atoms with E-state index in [0.29, 0.717) is 19.0 Å². The Hall–Kier alpha value is -0.975. The predicted molar refractivity (Wildman–Crippen MR) is 69.8 cm³/mol. The fraction of sp³-hybridized carbons (Fsp3) is 0.455. The van der Waals surface area contributed by atoms with Crippen LogP contribution < -0.4 is 0 Å². The highest BCUT2D eigenvalue weighted by Crippen LogP contribution is 2.35. The molecule has 1 aromatic heterocycles. The highest BCUT2D eigenvalue weighted by Gasteiger charge is 2.42. The van der Waals surface area contributed by atoms with Crippen LogP contribution in [0.1, 0.15) is 18.4 Å². The number of aliphatic hydroxyl groups is 1. The lowest BCUT2D eigenvalue weighted by atomic mass is 9.80. The van der Waals surface area contributed by atoms with Crippen molar-refractivity contribution in [2.45, 2.75) is 25.0 Å². The van der Waals surface area contributed by atoms with Gasteiger partial charge in [-0.15, -0.1) is 11.3 Å². The summed E-state index contributed by atoms with van der Waals surface area (Å²) >= 11 is 1.44. The minimum atomic E-state index is -1.07. The summed E-state index contributed by atoms with van der Waals surface area (Å²) < 4.78 is 0. The summed E-state index contributed by atoms with van der Waals surface area (Å²) in [5.41, 5.74) is -1.07. The van der Waals surface area contributed by atoms with Crippen molar-refractivity contribution in [1.82, 2.24) is 9.79 Å². The largest absolute Gasteiger partial charge is 0.377 e. The van der Waals surface area contributed by atoms with Gasteiger partial charge < -0.3 is 14.7 Å². The first-order chi connectivity index (χ1) is 8.22. The van der Waals surface area contributed by atoms with Crippen LogP contribution in [-0.2, 0) is 10.4 Å². The molecule has 0 aromatic carbocycles. The van der Waals surface area contributed by atoms with Crippen molar-refractivity contribution >= 4 is 24.9 Å². The Morgan fingerprint density at radius 2 is 2.65 bits per heavy atom. The summed E-state index contributed by atoms with van der Waals surface area (Å²) in [5.74, 6) is 0. The zero-order valence-electron chi connectivity index (χ0n) is 9.74. The first kappa shape index (κ1) is 12.5. The van der Waals surface area contributed by atoms with E-state index in [1.54, 1.807) is 12.3 Å². The van der Waals surface area contributed by atoms with Crippen LogP contribution in [0.3, 0.4) is 0 Å². The van der Waals surface area contributed by atoms with E-state index in [2.05, 4.69) is 4.98 Å². The van der Waals surface area contributed by atoms with Crippen molar-refractivity contribution < 1.29 is 9.90 Å². The topological polar surface area (TPSA) is 53.4 Å². The van der Waals surface area contributed by atoms with Crippen molar-refractivity contribution in [3.05, 3.63) is 28.7 Å². The fourth-order valence-electron chi connectivity index (χ4n) is 2.39. The van der Waals surface area contributed by atoms with Crippen molar-refractivity contribution in [3.63, 3.8) is 0 Å². The van der Waals surface area contributed by atoms with Gasteiger partial charge in [0.1, 0.15) is 10.6 Å². The molecule has 0 spiro atoms. The van der Waals surface area contributed by atoms with Crippen LogP contribution in [0, 0.1) is 0 Å². The van der Waals surface area contributed by atoms with Gasteiger partial charge in [-0.3, -0.25) is 0 Å². The molecule has 2 atom stereocenters. The van der Waals surface area contributed by atoms with E-state index in [1.807, 2.05) is 23.2 Å². The third kappa shape index (κ3) is 2.20. The molecule has 1 aliphatic heterocycles. The zero-order valence-corrected chi connectivity index (χ0v) is 10.6. The number of rotatable bonds is 4. The smallest absolute Gasteiger partial charge is 0.281 e. The first-order valence-electron chi connectivity index (χ1n) is 5.70. The highest BCUT2D eigenvalue weighted by molar-refractivity contribution is 7.09. The maximum absolute atomic E-state index is 10.8. The number of carbonyl (C=O) groups is 1. The Kier molecular flexibility index (Phi) is 3.76. The maximum Gasteiger partial charge on any atom is 0.281 e. The molecule has 90 valence electrons. The Balaban J connectivity index is 2.35. The molecule has 0 fully saturated rings. The number of hydrogen-bond acceptors (Lipinski definition) is 5. The molecular weight excluding hydrogens is 235 g/mol. The van der Waals surface area contributed by atoms with Crippen LogP contribution in [0.4, 0.5) is 0 Å². The van der Waals surface area contributed by atoms with Crippen molar-refractivity contribution in [2.24, 2.45) is 0 Å². The van der Waals surface area contributed by atoms with Crippen LogP contribution >= 0.6 is 11.3 Å². The first-order valence-corrected chi connectivity index (χ1v) is 6.58. The van der Waals surface area contributed by atoms with Gasteiger partial charge in [-0.2, -0.15) is 0 Å². The molecule has 2 heterocycles.